The monoisotopic (exact) mass is 293 g/mol. The van der Waals surface area contributed by atoms with E-state index in [9.17, 15) is 0 Å². The number of aromatic nitrogens is 2. The van der Waals surface area contributed by atoms with Crippen molar-refractivity contribution in [3.8, 4) is 0 Å². The van der Waals surface area contributed by atoms with Gasteiger partial charge in [0.05, 0.1) is 0 Å². The van der Waals surface area contributed by atoms with Crippen molar-refractivity contribution in [1.82, 2.24) is 14.9 Å². The van der Waals surface area contributed by atoms with Gasteiger partial charge in [-0.3, -0.25) is 4.90 Å². The first kappa shape index (κ1) is 14.3. The maximum atomic E-state index is 5.90. The Morgan fingerprint density at radius 3 is 2.65 bits per heavy atom. The molecule has 1 aromatic heterocycles. The van der Waals surface area contributed by atoms with Gasteiger partial charge in [-0.25, -0.2) is 9.97 Å². The van der Waals surface area contributed by atoms with Crippen LogP contribution in [0.4, 0.5) is 0 Å². The van der Waals surface area contributed by atoms with Gasteiger partial charge < -0.3 is 4.74 Å². The predicted octanol–water partition coefficient (Wildman–Crippen LogP) is 2.44. The van der Waals surface area contributed by atoms with Gasteiger partial charge in [-0.2, -0.15) is 11.8 Å². The Labute approximate surface area is 125 Å². The molecule has 2 aliphatic rings. The molecule has 2 fully saturated rings. The summed E-state index contributed by atoms with van der Waals surface area (Å²) in [5.41, 5.74) is 0.929. The molecular weight excluding hydrogens is 270 g/mol. The number of hydrogen-bond donors (Lipinski definition) is 0. The lowest BCUT2D eigenvalue weighted by Gasteiger charge is -2.32. The maximum Gasteiger partial charge on any atom is 0.159 e. The Morgan fingerprint density at radius 2 is 2.00 bits per heavy atom. The van der Waals surface area contributed by atoms with E-state index >= 15 is 0 Å². The van der Waals surface area contributed by atoms with Crippen LogP contribution in [0.2, 0.25) is 0 Å². The normalized spacial score (nSPS) is 28.4. The van der Waals surface area contributed by atoms with Gasteiger partial charge >= 0.3 is 0 Å². The summed E-state index contributed by atoms with van der Waals surface area (Å²) in [5, 5.41) is 0. The zero-order chi connectivity index (χ0) is 13.8. The van der Waals surface area contributed by atoms with Crippen molar-refractivity contribution in [3.63, 3.8) is 0 Å². The predicted molar refractivity (Wildman–Crippen MR) is 81.8 cm³/mol. The van der Waals surface area contributed by atoms with E-state index in [0.717, 1.165) is 31.8 Å². The summed E-state index contributed by atoms with van der Waals surface area (Å²) in [7, 11) is 0. The van der Waals surface area contributed by atoms with E-state index in [1.807, 2.05) is 24.2 Å². The Balaban J connectivity index is 1.64. The van der Waals surface area contributed by atoms with Gasteiger partial charge in [0.1, 0.15) is 5.60 Å². The minimum Gasteiger partial charge on any atom is -0.367 e. The fourth-order valence-corrected chi connectivity index (χ4v) is 3.82. The molecule has 0 N–H and O–H groups in total. The van der Waals surface area contributed by atoms with E-state index in [0.29, 0.717) is 0 Å². The molecule has 0 saturated carbocycles. The van der Waals surface area contributed by atoms with E-state index in [-0.39, 0.29) is 5.60 Å². The van der Waals surface area contributed by atoms with Crippen LogP contribution in [0.1, 0.15) is 37.6 Å². The van der Waals surface area contributed by atoms with Gasteiger partial charge in [-0.15, -0.1) is 0 Å². The Morgan fingerprint density at radius 1 is 1.25 bits per heavy atom. The van der Waals surface area contributed by atoms with E-state index in [2.05, 4.69) is 21.8 Å². The summed E-state index contributed by atoms with van der Waals surface area (Å²) in [4.78, 5) is 11.6. The van der Waals surface area contributed by atoms with Crippen molar-refractivity contribution in [1.29, 1.82) is 0 Å². The van der Waals surface area contributed by atoms with Gasteiger partial charge in [-0.1, -0.05) is 0 Å². The smallest absolute Gasteiger partial charge is 0.159 e. The number of rotatable bonds is 3. The van der Waals surface area contributed by atoms with Crippen LogP contribution in [0.3, 0.4) is 0 Å². The zero-order valence-corrected chi connectivity index (χ0v) is 13.0. The molecule has 5 heteroatoms. The molecule has 3 heterocycles. The van der Waals surface area contributed by atoms with Crippen LogP contribution in [-0.4, -0.2) is 46.1 Å². The van der Waals surface area contributed by atoms with Crippen molar-refractivity contribution < 1.29 is 4.74 Å². The van der Waals surface area contributed by atoms with Crippen LogP contribution in [0.25, 0.3) is 0 Å². The molecule has 0 aromatic carbocycles. The average molecular weight is 293 g/mol. The van der Waals surface area contributed by atoms with Crippen LogP contribution in [0.5, 0.6) is 0 Å². The molecule has 1 aromatic rings. The minimum atomic E-state index is -0.279. The van der Waals surface area contributed by atoms with Gasteiger partial charge in [0.15, 0.2) is 5.82 Å². The molecule has 0 unspecified atom stereocenters. The molecule has 0 spiro atoms. The number of thioether (sulfide) groups is 1. The topological polar surface area (TPSA) is 38.2 Å². The fraction of sp³-hybridized carbons (Fsp3) is 0.733. The molecular formula is C15H23N3OS. The third-order valence-electron chi connectivity index (χ3n) is 4.16. The first-order valence-corrected chi connectivity index (χ1v) is 8.67. The summed E-state index contributed by atoms with van der Waals surface area (Å²) in [6.07, 6.45) is 7.34. The molecule has 0 radical (unpaired) electrons. The lowest BCUT2D eigenvalue weighted by Crippen LogP contribution is -2.33. The van der Waals surface area contributed by atoms with E-state index < -0.39 is 0 Å². The van der Waals surface area contributed by atoms with Crippen LogP contribution in [0, 0.1) is 0 Å². The highest BCUT2D eigenvalue weighted by Crippen LogP contribution is 2.32. The van der Waals surface area contributed by atoms with E-state index in [4.69, 9.17) is 4.74 Å². The third-order valence-corrected chi connectivity index (χ3v) is 5.10. The van der Waals surface area contributed by atoms with Gasteiger partial charge in [0.2, 0.25) is 0 Å². The van der Waals surface area contributed by atoms with Crippen molar-refractivity contribution >= 4 is 11.8 Å². The molecule has 4 nitrogen and oxygen atoms in total. The Bertz CT molecular complexity index is 425. The minimum absolute atomic E-state index is 0.279. The van der Waals surface area contributed by atoms with E-state index in [1.165, 1.54) is 36.6 Å². The van der Waals surface area contributed by atoms with Crippen LogP contribution in [0.15, 0.2) is 12.4 Å². The Hall–Kier alpha value is -0.650. The van der Waals surface area contributed by atoms with Crippen molar-refractivity contribution in [2.75, 3.05) is 31.2 Å². The summed E-state index contributed by atoms with van der Waals surface area (Å²) < 4.78 is 5.90. The lowest BCUT2D eigenvalue weighted by atomic mass is 9.95. The standard InChI is InChI=1S/C15H23N3OS/c1-15(4-2-3-7-19-15)14-16-10-13(11-17-14)12-18-5-8-20-9-6-18/h10-11H,2-9,12H2,1H3/t15-/m1/s1. The molecule has 2 aliphatic heterocycles. The third kappa shape index (κ3) is 3.32. The summed E-state index contributed by atoms with van der Waals surface area (Å²) in [6.45, 7) is 6.26. The first-order chi connectivity index (χ1) is 9.76. The molecule has 0 bridgehead atoms. The molecule has 110 valence electrons. The second-order valence-corrected chi connectivity index (χ2v) is 7.06. The largest absolute Gasteiger partial charge is 0.367 e. The van der Waals surface area contributed by atoms with Crippen molar-refractivity contribution in [3.05, 3.63) is 23.8 Å². The van der Waals surface area contributed by atoms with Crippen molar-refractivity contribution in [2.24, 2.45) is 0 Å². The van der Waals surface area contributed by atoms with Crippen LogP contribution >= 0.6 is 11.8 Å². The highest BCUT2D eigenvalue weighted by molar-refractivity contribution is 7.99. The molecule has 20 heavy (non-hydrogen) atoms. The lowest BCUT2D eigenvalue weighted by molar-refractivity contribution is -0.0761. The van der Waals surface area contributed by atoms with Gasteiger partial charge in [0.25, 0.3) is 0 Å². The summed E-state index contributed by atoms with van der Waals surface area (Å²) in [5.74, 6) is 3.32. The number of nitrogens with zero attached hydrogens (tertiary/aromatic N) is 3. The summed E-state index contributed by atoms with van der Waals surface area (Å²) >= 11 is 2.04. The quantitative estimate of drug-likeness (QED) is 0.856. The zero-order valence-electron chi connectivity index (χ0n) is 12.2. The highest BCUT2D eigenvalue weighted by Gasteiger charge is 2.32. The fourth-order valence-electron chi connectivity index (χ4n) is 2.84. The second kappa shape index (κ2) is 6.41. The van der Waals surface area contributed by atoms with Gasteiger partial charge in [-0.05, 0) is 26.2 Å². The SMILES string of the molecule is C[C@]1(c2ncc(CN3CCSCC3)cn2)CCCCO1. The molecule has 3 rings (SSSR count). The molecule has 0 amide bonds. The second-order valence-electron chi connectivity index (χ2n) is 5.84. The van der Waals surface area contributed by atoms with Crippen molar-refractivity contribution in [2.45, 2.75) is 38.3 Å². The number of ether oxygens (including phenoxy) is 1. The van der Waals surface area contributed by atoms with E-state index in [1.54, 1.807) is 0 Å². The Kier molecular flexibility index (Phi) is 4.58. The molecule has 2 saturated heterocycles. The average Bonchev–Trinajstić information content (AvgIpc) is 2.50. The van der Waals surface area contributed by atoms with Crippen LogP contribution in [-0.2, 0) is 16.9 Å². The number of hydrogen-bond acceptors (Lipinski definition) is 5. The maximum absolute atomic E-state index is 5.90. The molecule has 0 aliphatic carbocycles. The summed E-state index contributed by atoms with van der Waals surface area (Å²) in [6, 6.07) is 0. The van der Waals surface area contributed by atoms with Crippen LogP contribution < -0.4 is 0 Å². The molecule has 1 atom stereocenters. The van der Waals surface area contributed by atoms with Gasteiger partial charge in [0, 0.05) is 55.7 Å². The first-order valence-electron chi connectivity index (χ1n) is 7.52. The highest BCUT2D eigenvalue weighted by atomic mass is 32.2.